The van der Waals surface area contributed by atoms with Crippen LogP contribution in [0, 0.1) is 5.82 Å². The van der Waals surface area contributed by atoms with Crippen LogP contribution in [0.2, 0.25) is 0 Å². The van der Waals surface area contributed by atoms with Gasteiger partial charge in [0.15, 0.2) is 0 Å². The SMILES string of the molecule is CSC1CCC(NS(=O)(=O)c2ccc(F)cc2)CC1. The third kappa shape index (κ3) is 3.94. The number of sulfonamides is 1. The van der Waals surface area contributed by atoms with Gasteiger partial charge in [0.1, 0.15) is 5.82 Å². The molecule has 0 amide bonds. The van der Waals surface area contributed by atoms with Crippen LogP contribution >= 0.6 is 11.8 Å². The zero-order valence-electron chi connectivity index (χ0n) is 10.8. The van der Waals surface area contributed by atoms with Crippen molar-refractivity contribution in [3.63, 3.8) is 0 Å². The van der Waals surface area contributed by atoms with Crippen molar-refractivity contribution in [3.05, 3.63) is 30.1 Å². The van der Waals surface area contributed by atoms with Gasteiger partial charge in [0.05, 0.1) is 4.90 Å². The van der Waals surface area contributed by atoms with E-state index in [0.29, 0.717) is 5.25 Å². The number of hydrogen-bond acceptors (Lipinski definition) is 3. The lowest BCUT2D eigenvalue weighted by Gasteiger charge is -2.27. The lowest BCUT2D eigenvalue weighted by molar-refractivity contribution is 0.420. The summed E-state index contributed by atoms with van der Waals surface area (Å²) in [5.41, 5.74) is 0. The minimum absolute atomic E-state index is 0.00143. The van der Waals surface area contributed by atoms with Crippen LogP contribution in [0.25, 0.3) is 0 Å². The first-order chi connectivity index (χ1) is 9.01. The smallest absolute Gasteiger partial charge is 0.208 e. The van der Waals surface area contributed by atoms with E-state index in [1.165, 1.54) is 24.3 Å². The largest absolute Gasteiger partial charge is 0.240 e. The monoisotopic (exact) mass is 303 g/mol. The summed E-state index contributed by atoms with van der Waals surface area (Å²) in [5, 5.41) is 0.645. The highest BCUT2D eigenvalue weighted by Gasteiger charge is 2.25. The van der Waals surface area contributed by atoms with Gasteiger partial charge in [-0.2, -0.15) is 11.8 Å². The summed E-state index contributed by atoms with van der Waals surface area (Å²) in [5.74, 6) is -0.431. The molecule has 0 unspecified atom stereocenters. The Morgan fingerprint density at radius 1 is 1.16 bits per heavy atom. The average molecular weight is 303 g/mol. The molecule has 1 fully saturated rings. The lowest BCUT2D eigenvalue weighted by atomic mass is 9.96. The van der Waals surface area contributed by atoms with Crippen molar-refractivity contribution >= 4 is 21.8 Å². The topological polar surface area (TPSA) is 46.2 Å². The summed E-state index contributed by atoms with van der Waals surface area (Å²) < 4.78 is 39.8. The molecule has 0 atom stereocenters. The van der Waals surface area contributed by atoms with Crippen molar-refractivity contribution in [1.82, 2.24) is 4.72 Å². The van der Waals surface area contributed by atoms with E-state index in [9.17, 15) is 12.8 Å². The van der Waals surface area contributed by atoms with Crippen molar-refractivity contribution in [2.75, 3.05) is 6.26 Å². The first-order valence-corrected chi connectivity index (χ1v) is 9.09. The maximum atomic E-state index is 12.8. The van der Waals surface area contributed by atoms with Crippen molar-refractivity contribution in [2.24, 2.45) is 0 Å². The van der Waals surface area contributed by atoms with Gasteiger partial charge >= 0.3 is 0 Å². The van der Waals surface area contributed by atoms with Gasteiger partial charge in [0.2, 0.25) is 10.0 Å². The molecule has 106 valence electrons. The van der Waals surface area contributed by atoms with Crippen molar-refractivity contribution in [2.45, 2.75) is 41.9 Å². The summed E-state index contributed by atoms with van der Waals surface area (Å²) >= 11 is 1.84. The summed E-state index contributed by atoms with van der Waals surface area (Å²) in [6.45, 7) is 0. The Balaban J connectivity index is 2.00. The third-order valence-electron chi connectivity index (χ3n) is 3.45. The fourth-order valence-corrected chi connectivity index (χ4v) is 4.37. The van der Waals surface area contributed by atoms with Gasteiger partial charge in [-0.3, -0.25) is 0 Å². The molecule has 0 bridgehead atoms. The summed E-state index contributed by atoms with van der Waals surface area (Å²) in [6, 6.07) is 4.92. The van der Waals surface area contributed by atoms with Crippen LogP contribution in [-0.2, 0) is 10.0 Å². The van der Waals surface area contributed by atoms with E-state index in [1.54, 1.807) is 0 Å². The molecule has 0 spiro atoms. The fraction of sp³-hybridized carbons (Fsp3) is 0.538. The minimum Gasteiger partial charge on any atom is -0.208 e. The average Bonchev–Trinajstić information content (AvgIpc) is 2.40. The highest BCUT2D eigenvalue weighted by molar-refractivity contribution is 7.99. The molecule has 2 rings (SSSR count). The van der Waals surface area contributed by atoms with Gasteiger partial charge in [0.25, 0.3) is 0 Å². The molecule has 0 aliphatic heterocycles. The van der Waals surface area contributed by atoms with Crippen LogP contribution in [0.5, 0.6) is 0 Å². The first kappa shape index (κ1) is 14.8. The van der Waals surface area contributed by atoms with Crippen LogP contribution in [0.15, 0.2) is 29.2 Å². The summed E-state index contributed by atoms with van der Waals surface area (Å²) in [7, 11) is -3.52. The van der Waals surface area contributed by atoms with E-state index < -0.39 is 15.8 Å². The van der Waals surface area contributed by atoms with Gasteiger partial charge in [0, 0.05) is 11.3 Å². The first-order valence-electron chi connectivity index (χ1n) is 6.32. The summed E-state index contributed by atoms with van der Waals surface area (Å²) in [4.78, 5) is 0.126. The Labute approximate surface area is 118 Å². The molecule has 0 radical (unpaired) electrons. The molecule has 0 heterocycles. The number of halogens is 1. The second-order valence-corrected chi connectivity index (χ2v) is 7.64. The zero-order chi connectivity index (χ0) is 13.9. The standard InChI is InChI=1S/C13H18FNO2S2/c1-18-12-6-4-11(5-7-12)15-19(16,17)13-8-2-10(14)3-9-13/h2-3,8-9,11-12,15H,4-7H2,1H3. The van der Waals surface area contributed by atoms with Gasteiger partial charge in [-0.25, -0.2) is 17.5 Å². The van der Waals surface area contributed by atoms with Gasteiger partial charge in [-0.1, -0.05) is 0 Å². The van der Waals surface area contributed by atoms with Crippen LogP contribution < -0.4 is 4.72 Å². The highest BCUT2D eigenvalue weighted by Crippen LogP contribution is 2.27. The van der Waals surface area contributed by atoms with Crippen LogP contribution in [0.4, 0.5) is 4.39 Å². The molecular weight excluding hydrogens is 285 g/mol. The van der Waals surface area contributed by atoms with Gasteiger partial charge < -0.3 is 0 Å². The quantitative estimate of drug-likeness (QED) is 0.930. The number of thioether (sulfide) groups is 1. The minimum atomic E-state index is -3.52. The second-order valence-electron chi connectivity index (χ2n) is 4.78. The number of benzene rings is 1. The molecule has 1 aromatic carbocycles. The lowest BCUT2D eigenvalue weighted by Crippen LogP contribution is -2.38. The maximum absolute atomic E-state index is 12.8. The van der Waals surface area contributed by atoms with E-state index in [-0.39, 0.29) is 10.9 Å². The molecule has 1 aliphatic carbocycles. The van der Waals surface area contributed by atoms with E-state index in [1.807, 2.05) is 11.8 Å². The Morgan fingerprint density at radius 2 is 1.74 bits per heavy atom. The molecule has 3 nitrogen and oxygen atoms in total. The van der Waals surface area contributed by atoms with E-state index >= 15 is 0 Å². The molecule has 1 saturated carbocycles. The Hall–Kier alpha value is -0.590. The van der Waals surface area contributed by atoms with Crippen LogP contribution in [0.1, 0.15) is 25.7 Å². The van der Waals surface area contributed by atoms with Gasteiger partial charge in [-0.05, 0) is 56.2 Å². The Morgan fingerprint density at radius 3 is 2.26 bits per heavy atom. The van der Waals surface area contributed by atoms with Crippen molar-refractivity contribution in [1.29, 1.82) is 0 Å². The Bertz CT molecular complexity index is 508. The Kier molecular flexibility index (Phi) is 4.86. The molecule has 19 heavy (non-hydrogen) atoms. The molecule has 1 aromatic rings. The summed E-state index contributed by atoms with van der Waals surface area (Å²) in [6.07, 6.45) is 5.90. The van der Waals surface area contributed by atoms with Crippen LogP contribution in [0.3, 0.4) is 0 Å². The molecule has 1 N–H and O–H groups in total. The fourth-order valence-electron chi connectivity index (χ4n) is 2.32. The normalized spacial score (nSPS) is 24.3. The predicted octanol–water partition coefficient (Wildman–Crippen LogP) is 2.78. The van der Waals surface area contributed by atoms with E-state index in [4.69, 9.17) is 0 Å². The number of hydrogen-bond donors (Lipinski definition) is 1. The molecular formula is C13H18FNO2S2. The molecule has 0 saturated heterocycles. The molecule has 0 aromatic heterocycles. The molecule has 6 heteroatoms. The maximum Gasteiger partial charge on any atom is 0.240 e. The van der Waals surface area contributed by atoms with E-state index in [0.717, 1.165) is 25.7 Å². The van der Waals surface area contributed by atoms with E-state index in [2.05, 4.69) is 11.0 Å². The predicted molar refractivity (Wildman–Crippen MR) is 76.3 cm³/mol. The number of rotatable bonds is 4. The van der Waals surface area contributed by atoms with Crippen molar-refractivity contribution in [3.8, 4) is 0 Å². The van der Waals surface area contributed by atoms with Gasteiger partial charge in [-0.15, -0.1) is 0 Å². The highest BCUT2D eigenvalue weighted by atomic mass is 32.2. The van der Waals surface area contributed by atoms with Crippen molar-refractivity contribution < 1.29 is 12.8 Å². The second kappa shape index (κ2) is 6.24. The zero-order valence-corrected chi connectivity index (χ0v) is 12.4. The molecule has 1 aliphatic rings. The third-order valence-corrected chi connectivity index (χ3v) is 6.13. The number of nitrogens with one attached hydrogen (secondary N) is 1. The van der Waals surface area contributed by atoms with Crippen LogP contribution in [-0.4, -0.2) is 26.0 Å².